The van der Waals surface area contributed by atoms with E-state index in [0.717, 1.165) is 6.42 Å². The van der Waals surface area contributed by atoms with Crippen molar-refractivity contribution in [1.29, 1.82) is 0 Å². The summed E-state index contributed by atoms with van der Waals surface area (Å²) in [5.74, 6) is 0.210. The number of ether oxygens (including phenoxy) is 1. The van der Waals surface area contributed by atoms with Gasteiger partial charge in [-0.1, -0.05) is 24.3 Å². The molecule has 2 amide bonds. The van der Waals surface area contributed by atoms with Crippen LogP contribution in [0.25, 0.3) is 0 Å². The first-order valence-electron chi connectivity index (χ1n) is 7.60. The Morgan fingerprint density at radius 2 is 2.09 bits per heavy atom. The molecular formula is C17H24N2O3. The molecule has 1 aromatic rings. The van der Waals surface area contributed by atoms with Gasteiger partial charge in [0.15, 0.2) is 0 Å². The van der Waals surface area contributed by atoms with E-state index in [1.807, 2.05) is 12.1 Å². The maximum Gasteiger partial charge on any atom is 0.239 e. The summed E-state index contributed by atoms with van der Waals surface area (Å²) in [6.45, 7) is 3.11. The second-order valence-corrected chi connectivity index (χ2v) is 5.84. The smallest absolute Gasteiger partial charge is 0.239 e. The Morgan fingerprint density at radius 3 is 2.77 bits per heavy atom. The van der Waals surface area contributed by atoms with Crippen molar-refractivity contribution in [3.63, 3.8) is 0 Å². The quantitative estimate of drug-likeness (QED) is 0.773. The minimum atomic E-state index is -0.152. The number of nitrogens with zero attached hydrogens (tertiary/aromatic N) is 1. The highest BCUT2D eigenvalue weighted by atomic mass is 16.5. The fraction of sp³-hybridized carbons (Fsp3) is 0.529. The number of benzene rings is 1. The van der Waals surface area contributed by atoms with Crippen LogP contribution in [0.15, 0.2) is 24.3 Å². The van der Waals surface area contributed by atoms with E-state index in [1.54, 1.807) is 14.2 Å². The summed E-state index contributed by atoms with van der Waals surface area (Å²) in [6.07, 6.45) is 0.874. The van der Waals surface area contributed by atoms with E-state index >= 15 is 0 Å². The number of likely N-dealkylation sites (N-methyl/N-ethyl adjacent to an activating group) is 1. The molecule has 22 heavy (non-hydrogen) atoms. The molecule has 1 N–H and O–H groups in total. The van der Waals surface area contributed by atoms with Crippen molar-refractivity contribution in [3.8, 4) is 0 Å². The highest BCUT2D eigenvalue weighted by Crippen LogP contribution is 2.49. The highest BCUT2D eigenvalue weighted by Gasteiger charge is 2.45. The number of rotatable bonds is 7. The summed E-state index contributed by atoms with van der Waals surface area (Å²) in [7, 11) is 3.27. The second kappa shape index (κ2) is 7.40. The summed E-state index contributed by atoms with van der Waals surface area (Å²) >= 11 is 0. The van der Waals surface area contributed by atoms with Crippen LogP contribution in [0.2, 0.25) is 0 Å². The van der Waals surface area contributed by atoms with E-state index in [0.29, 0.717) is 19.1 Å². The van der Waals surface area contributed by atoms with E-state index in [2.05, 4.69) is 24.4 Å². The summed E-state index contributed by atoms with van der Waals surface area (Å²) in [6, 6.07) is 8.18. The molecular weight excluding hydrogens is 280 g/mol. The van der Waals surface area contributed by atoms with Gasteiger partial charge in [-0.2, -0.15) is 0 Å². The van der Waals surface area contributed by atoms with Gasteiger partial charge >= 0.3 is 0 Å². The molecule has 0 spiro atoms. The number of methoxy groups -OCH3 is 1. The molecule has 2 rings (SSSR count). The van der Waals surface area contributed by atoms with Crippen molar-refractivity contribution in [3.05, 3.63) is 35.4 Å². The van der Waals surface area contributed by atoms with E-state index in [-0.39, 0.29) is 24.3 Å². The lowest BCUT2D eigenvalue weighted by Gasteiger charge is -2.17. The topological polar surface area (TPSA) is 58.6 Å². The number of nitrogens with one attached hydrogen (secondary N) is 1. The minimum absolute atomic E-state index is 0.0119. The van der Waals surface area contributed by atoms with Crippen LogP contribution in [0.3, 0.4) is 0 Å². The first kappa shape index (κ1) is 16.5. The van der Waals surface area contributed by atoms with Crippen LogP contribution in [-0.2, 0) is 14.3 Å². The van der Waals surface area contributed by atoms with Crippen LogP contribution in [0.1, 0.15) is 23.5 Å². The van der Waals surface area contributed by atoms with Crippen LogP contribution in [-0.4, -0.2) is 50.6 Å². The summed E-state index contributed by atoms with van der Waals surface area (Å²) in [4.78, 5) is 25.6. The maximum absolute atomic E-state index is 12.4. The molecule has 5 heteroatoms. The molecule has 120 valence electrons. The van der Waals surface area contributed by atoms with Gasteiger partial charge in [0.25, 0.3) is 0 Å². The summed E-state index contributed by atoms with van der Waals surface area (Å²) in [5, 5.41) is 2.72. The highest BCUT2D eigenvalue weighted by molar-refractivity contribution is 5.87. The fourth-order valence-corrected chi connectivity index (χ4v) is 2.74. The Balaban J connectivity index is 1.83. The molecule has 1 aromatic carbocycles. The van der Waals surface area contributed by atoms with Gasteiger partial charge in [0.1, 0.15) is 0 Å². The van der Waals surface area contributed by atoms with Crippen molar-refractivity contribution in [2.45, 2.75) is 19.3 Å². The molecule has 0 bridgehead atoms. The third-order valence-corrected chi connectivity index (χ3v) is 4.08. The van der Waals surface area contributed by atoms with E-state index in [4.69, 9.17) is 4.74 Å². The lowest BCUT2D eigenvalue weighted by Crippen LogP contribution is -2.40. The average molecular weight is 304 g/mol. The molecule has 1 saturated carbocycles. The van der Waals surface area contributed by atoms with Crippen molar-refractivity contribution >= 4 is 11.8 Å². The molecule has 5 nitrogen and oxygen atoms in total. The van der Waals surface area contributed by atoms with Gasteiger partial charge in [-0.25, -0.2) is 0 Å². The molecule has 0 heterocycles. The van der Waals surface area contributed by atoms with Crippen molar-refractivity contribution in [1.82, 2.24) is 10.2 Å². The average Bonchev–Trinajstić information content (AvgIpc) is 3.27. The maximum atomic E-state index is 12.4. The van der Waals surface area contributed by atoms with Gasteiger partial charge < -0.3 is 15.0 Å². The molecule has 0 radical (unpaired) electrons. The zero-order valence-electron chi connectivity index (χ0n) is 13.5. The number of carbonyl (C=O) groups excluding carboxylic acids is 2. The van der Waals surface area contributed by atoms with Gasteiger partial charge in [-0.3, -0.25) is 9.59 Å². The van der Waals surface area contributed by atoms with Crippen LogP contribution in [0, 0.1) is 12.8 Å². The van der Waals surface area contributed by atoms with E-state index in [1.165, 1.54) is 16.0 Å². The predicted molar refractivity (Wildman–Crippen MR) is 84.5 cm³/mol. The lowest BCUT2D eigenvalue weighted by atomic mass is 10.0. The Hall–Kier alpha value is -1.88. The van der Waals surface area contributed by atoms with Crippen LogP contribution < -0.4 is 5.32 Å². The zero-order chi connectivity index (χ0) is 16.1. The van der Waals surface area contributed by atoms with Gasteiger partial charge in [-0.05, 0) is 30.4 Å². The normalized spacial score (nSPS) is 19.6. The molecule has 0 aliphatic heterocycles. The Bertz CT molecular complexity index is 544. The van der Waals surface area contributed by atoms with Crippen molar-refractivity contribution < 1.29 is 14.3 Å². The lowest BCUT2D eigenvalue weighted by molar-refractivity contribution is -0.135. The van der Waals surface area contributed by atoms with Crippen molar-refractivity contribution in [2.24, 2.45) is 5.92 Å². The molecule has 2 atom stereocenters. The monoisotopic (exact) mass is 304 g/mol. The summed E-state index contributed by atoms with van der Waals surface area (Å²) < 4.78 is 4.87. The first-order valence-corrected chi connectivity index (χ1v) is 7.60. The molecule has 1 aliphatic rings. The minimum Gasteiger partial charge on any atom is -0.383 e. The van der Waals surface area contributed by atoms with Crippen LogP contribution in [0.5, 0.6) is 0 Å². The SMILES string of the molecule is COCCNC(=O)CN(C)C(=O)C1CC1c1ccccc1C. The first-order chi connectivity index (χ1) is 10.5. The standard InChI is InChI=1S/C17H24N2O3/c1-12-6-4-5-7-13(12)14-10-15(14)17(21)19(2)11-16(20)18-8-9-22-3/h4-7,14-15H,8-11H2,1-3H3,(H,18,20). The van der Waals surface area contributed by atoms with Gasteiger partial charge in [0.2, 0.25) is 11.8 Å². The molecule has 1 aliphatic carbocycles. The van der Waals surface area contributed by atoms with Gasteiger partial charge in [-0.15, -0.1) is 0 Å². The number of carbonyl (C=O) groups is 2. The molecule has 1 fully saturated rings. The third kappa shape index (κ3) is 4.07. The van der Waals surface area contributed by atoms with E-state index in [9.17, 15) is 9.59 Å². The van der Waals surface area contributed by atoms with Crippen LogP contribution in [0.4, 0.5) is 0 Å². The number of hydrogen-bond donors (Lipinski definition) is 1. The van der Waals surface area contributed by atoms with Gasteiger partial charge in [0.05, 0.1) is 13.2 Å². The Morgan fingerprint density at radius 1 is 1.36 bits per heavy atom. The zero-order valence-corrected chi connectivity index (χ0v) is 13.5. The predicted octanol–water partition coefficient (Wildman–Crippen LogP) is 1.32. The third-order valence-electron chi connectivity index (χ3n) is 4.08. The largest absolute Gasteiger partial charge is 0.383 e. The second-order valence-electron chi connectivity index (χ2n) is 5.84. The summed E-state index contributed by atoms with van der Waals surface area (Å²) in [5.41, 5.74) is 2.47. The van der Waals surface area contributed by atoms with Crippen LogP contribution >= 0.6 is 0 Å². The number of aryl methyl sites for hydroxylation is 1. The number of amides is 2. The molecule has 0 aromatic heterocycles. The Kier molecular flexibility index (Phi) is 5.55. The van der Waals surface area contributed by atoms with E-state index < -0.39 is 0 Å². The Labute approximate surface area is 131 Å². The van der Waals surface area contributed by atoms with Crippen molar-refractivity contribution in [2.75, 3.05) is 33.9 Å². The van der Waals surface area contributed by atoms with Gasteiger partial charge in [0, 0.05) is 26.6 Å². The molecule has 0 saturated heterocycles. The number of hydrogen-bond acceptors (Lipinski definition) is 3. The fourth-order valence-electron chi connectivity index (χ4n) is 2.74. The molecule has 2 unspecified atom stereocenters.